The number of nitrogens with one attached hydrogen (secondary N) is 1. The molecule has 0 aliphatic heterocycles. The van der Waals surface area contributed by atoms with Crippen LogP contribution in [0.1, 0.15) is 6.92 Å². The third-order valence-electron chi connectivity index (χ3n) is 1.53. The van der Waals surface area contributed by atoms with Crippen LogP contribution in [0, 0.1) is 0 Å². The van der Waals surface area contributed by atoms with Gasteiger partial charge in [-0.2, -0.15) is 0 Å². The zero-order chi connectivity index (χ0) is 9.68. The molecule has 13 heavy (non-hydrogen) atoms. The van der Waals surface area contributed by atoms with Crippen molar-refractivity contribution in [3.8, 4) is 0 Å². The minimum absolute atomic E-state index is 0.0000926. The molecule has 0 bridgehead atoms. The maximum Gasteiger partial charge on any atom is 0.327 e. The van der Waals surface area contributed by atoms with E-state index >= 15 is 0 Å². The summed E-state index contributed by atoms with van der Waals surface area (Å²) in [5.74, 6) is 0. The summed E-state index contributed by atoms with van der Waals surface area (Å²) in [6.07, 6.45) is 4.60. The van der Waals surface area contributed by atoms with E-state index in [1.165, 1.54) is 10.9 Å². The van der Waals surface area contributed by atoms with Gasteiger partial charge in [0, 0.05) is 19.5 Å². The van der Waals surface area contributed by atoms with Crippen molar-refractivity contribution >= 4 is 6.03 Å². The molecule has 0 saturated carbocycles. The van der Waals surface area contributed by atoms with Crippen LogP contribution in [0.25, 0.3) is 0 Å². The summed E-state index contributed by atoms with van der Waals surface area (Å²) < 4.78 is 6.26. The van der Waals surface area contributed by atoms with Crippen molar-refractivity contribution in [1.82, 2.24) is 14.9 Å². The quantitative estimate of drug-likeness (QED) is 0.741. The number of ether oxygens (including phenoxy) is 1. The molecule has 0 spiro atoms. The Morgan fingerprint density at radius 2 is 2.54 bits per heavy atom. The molecule has 1 rings (SSSR count). The lowest BCUT2D eigenvalue weighted by Gasteiger charge is -2.12. The minimum Gasteiger partial charge on any atom is -0.383 e. The Labute approximate surface area is 76.7 Å². The van der Waals surface area contributed by atoms with Crippen LogP contribution in [0.4, 0.5) is 4.79 Å². The van der Waals surface area contributed by atoms with Gasteiger partial charge in [0.05, 0.1) is 12.6 Å². The van der Waals surface area contributed by atoms with Crippen molar-refractivity contribution in [2.45, 2.75) is 13.0 Å². The second-order valence-corrected chi connectivity index (χ2v) is 2.78. The lowest BCUT2D eigenvalue weighted by molar-refractivity contribution is 0.171. The first-order valence-electron chi connectivity index (χ1n) is 4.02. The zero-order valence-corrected chi connectivity index (χ0v) is 7.73. The number of hydrogen-bond acceptors (Lipinski definition) is 3. The van der Waals surface area contributed by atoms with Crippen LogP contribution in [0.3, 0.4) is 0 Å². The van der Waals surface area contributed by atoms with Gasteiger partial charge in [0.2, 0.25) is 0 Å². The summed E-state index contributed by atoms with van der Waals surface area (Å²) in [7, 11) is 1.60. The summed E-state index contributed by atoms with van der Waals surface area (Å²) in [6.45, 7) is 2.37. The molecular formula is C8H13N3O2. The molecule has 0 radical (unpaired) electrons. The molecule has 1 heterocycles. The number of amides is 1. The van der Waals surface area contributed by atoms with Gasteiger partial charge in [-0.05, 0) is 6.92 Å². The van der Waals surface area contributed by atoms with Gasteiger partial charge in [-0.3, -0.25) is 4.57 Å². The molecule has 1 aromatic rings. The maximum absolute atomic E-state index is 11.3. The Bertz CT molecular complexity index is 258. The summed E-state index contributed by atoms with van der Waals surface area (Å²) in [5.41, 5.74) is 0. The second kappa shape index (κ2) is 4.61. The summed E-state index contributed by atoms with van der Waals surface area (Å²) in [6, 6.07) is -0.193. The van der Waals surface area contributed by atoms with Crippen LogP contribution in [0.15, 0.2) is 18.7 Å². The fraction of sp³-hybridized carbons (Fsp3) is 0.500. The van der Waals surface area contributed by atoms with Gasteiger partial charge in [-0.1, -0.05) is 0 Å². The highest BCUT2D eigenvalue weighted by Gasteiger charge is 2.07. The molecule has 1 aromatic heterocycles. The van der Waals surface area contributed by atoms with Crippen LogP contribution in [-0.4, -0.2) is 35.3 Å². The van der Waals surface area contributed by atoms with E-state index in [0.717, 1.165) is 0 Å². The first-order valence-corrected chi connectivity index (χ1v) is 4.02. The lowest BCUT2D eigenvalue weighted by atomic mass is 10.4. The van der Waals surface area contributed by atoms with E-state index < -0.39 is 0 Å². The lowest BCUT2D eigenvalue weighted by Crippen LogP contribution is -2.37. The van der Waals surface area contributed by atoms with Gasteiger partial charge >= 0.3 is 6.03 Å². The van der Waals surface area contributed by atoms with Gasteiger partial charge < -0.3 is 10.1 Å². The van der Waals surface area contributed by atoms with Crippen molar-refractivity contribution in [2.24, 2.45) is 0 Å². The topological polar surface area (TPSA) is 56.1 Å². The van der Waals surface area contributed by atoms with E-state index in [9.17, 15) is 4.79 Å². The van der Waals surface area contributed by atoms with Crippen molar-refractivity contribution in [3.63, 3.8) is 0 Å². The van der Waals surface area contributed by atoms with E-state index in [1.54, 1.807) is 19.5 Å². The molecule has 1 amide bonds. The number of nitrogens with zero attached hydrogens (tertiary/aromatic N) is 2. The third kappa shape index (κ3) is 2.87. The van der Waals surface area contributed by atoms with E-state index in [4.69, 9.17) is 4.74 Å². The highest BCUT2D eigenvalue weighted by atomic mass is 16.5. The normalized spacial score (nSPS) is 12.5. The van der Waals surface area contributed by atoms with Crippen molar-refractivity contribution in [1.29, 1.82) is 0 Å². The molecule has 1 N–H and O–H groups in total. The molecule has 0 aliphatic rings. The first kappa shape index (κ1) is 9.73. The highest BCUT2D eigenvalue weighted by Crippen LogP contribution is 1.88. The molecule has 5 nitrogen and oxygen atoms in total. The van der Waals surface area contributed by atoms with Crippen molar-refractivity contribution in [2.75, 3.05) is 13.7 Å². The second-order valence-electron chi connectivity index (χ2n) is 2.78. The van der Waals surface area contributed by atoms with E-state index in [0.29, 0.717) is 6.61 Å². The molecular weight excluding hydrogens is 170 g/mol. The molecule has 1 atom stereocenters. The zero-order valence-electron chi connectivity index (χ0n) is 7.73. The molecule has 5 heteroatoms. The fourth-order valence-electron chi connectivity index (χ4n) is 0.956. The van der Waals surface area contributed by atoms with Gasteiger partial charge in [0.15, 0.2) is 0 Å². The number of carbonyl (C=O) groups is 1. The summed E-state index contributed by atoms with van der Waals surface area (Å²) in [5, 5.41) is 2.74. The predicted molar refractivity (Wildman–Crippen MR) is 47.5 cm³/mol. The standard InChI is InChI=1S/C8H13N3O2/c1-7(5-13-2)10-8(12)11-4-3-9-6-11/h3-4,6-7H,5H2,1-2H3,(H,10,12)/t7-/m0/s1. The molecule has 0 aromatic carbocycles. The third-order valence-corrected chi connectivity index (χ3v) is 1.53. The summed E-state index contributed by atoms with van der Waals surface area (Å²) >= 11 is 0. The monoisotopic (exact) mass is 183 g/mol. The Morgan fingerprint density at radius 1 is 1.77 bits per heavy atom. The largest absolute Gasteiger partial charge is 0.383 e. The Balaban J connectivity index is 2.42. The Morgan fingerprint density at radius 3 is 3.08 bits per heavy atom. The molecule has 0 aliphatic carbocycles. The number of imidazole rings is 1. The molecule has 72 valence electrons. The van der Waals surface area contributed by atoms with Crippen LogP contribution < -0.4 is 5.32 Å². The average Bonchev–Trinajstić information content (AvgIpc) is 2.55. The smallest absolute Gasteiger partial charge is 0.327 e. The molecule has 0 unspecified atom stereocenters. The number of hydrogen-bond donors (Lipinski definition) is 1. The molecule has 0 saturated heterocycles. The van der Waals surface area contributed by atoms with Gasteiger partial charge in [-0.25, -0.2) is 9.78 Å². The number of carbonyl (C=O) groups excluding carboxylic acids is 1. The van der Waals surface area contributed by atoms with Crippen LogP contribution in [0.5, 0.6) is 0 Å². The first-order chi connectivity index (χ1) is 6.24. The molecule has 0 fully saturated rings. The van der Waals surface area contributed by atoms with E-state index in [2.05, 4.69) is 10.3 Å². The van der Waals surface area contributed by atoms with Gasteiger partial charge in [0.25, 0.3) is 0 Å². The SMILES string of the molecule is COC[C@H](C)NC(=O)n1ccnc1. The highest BCUT2D eigenvalue weighted by molar-refractivity contribution is 5.76. The van der Waals surface area contributed by atoms with Gasteiger partial charge in [-0.15, -0.1) is 0 Å². The average molecular weight is 183 g/mol. The number of rotatable bonds is 3. The Hall–Kier alpha value is -1.36. The van der Waals surface area contributed by atoms with E-state index in [1.807, 2.05) is 6.92 Å². The van der Waals surface area contributed by atoms with Crippen LogP contribution >= 0.6 is 0 Å². The predicted octanol–water partition coefficient (Wildman–Crippen LogP) is 0.476. The number of aromatic nitrogens is 2. The number of methoxy groups -OCH3 is 1. The Kier molecular flexibility index (Phi) is 3.45. The van der Waals surface area contributed by atoms with Gasteiger partial charge in [0.1, 0.15) is 6.33 Å². The fourth-order valence-corrected chi connectivity index (χ4v) is 0.956. The minimum atomic E-state index is -0.193. The van der Waals surface area contributed by atoms with Crippen molar-refractivity contribution in [3.05, 3.63) is 18.7 Å². The van der Waals surface area contributed by atoms with Crippen LogP contribution in [-0.2, 0) is 4.74 Å². The van der Waals surface area contributed by atoms with E-state index in [-0.39, 0.29) is 12.1 Å². The summed E-state index contributed by atoms with van der Waals surface area (Å²) in [4.78, 5) is 15.1. The maximum atomic E-state index is 11.3. The van der Waals surface area contributed by atoms with Crippen molar-refractivity contribution < 1.29 is 9.53 Å². The van der Waals surface area contributed by atoms with Crippen LogP contribution in [0.2, 0.25) is 0 Å².